The smallest absolute Gasteiger partial charge is 0.251 e. The average Bonchev–Trinajstić information content (AvgIpc) is 2.55. The summed E-state index contributed by atoms with van der Waals surface area (Å²) < 4.78 is 0. The van der Waals surface area contributed by atoms with Gasteiger partial charge in [0, 0.05) is 16.8 Å². The Balaban J connectivity index is 2.00. The predicted octanol–water partition coefficient (Wildman–Crippen LogP) is 4.74. The van der Waals surface area contributed by atoms with Crippen molar-refractivity contribution in [3.05, 3.63) is 65.5 Å². The molecule has 0 aliphatic rings. The van der Waals surface area contributed by atoms with Gasteiger partial charge in [-0.25, -0.2) is 9.91 Å². The molecule has 0 aromatic heterocycles. The van der Waals surface area contributed by atoms with Crippen molar-refractivity contribution < 1.29 is 10.0 Å². The van der Waals surface area contributed by atoms with Gasteiger partial charge in [0.1, 0.15) is 0 Å². The number of benzene rings is 2. The first-order valence-electron chi connectivity index (χ1n) is 7.64. The molecule has 0 radical (unpaired) electrons. The molecule has 2 aromatic carbocycles. The van der Waals surface area contributed by atoms with Gasteiger partial charge in [-0.2, -0.15) is 0 Å². The summed E-state index contributed by atoms with van der Waals surface area (Å²) in [5, 5.41) is 13.9. The molecule has 5 nitrogen and oxygen atoms in total. The number of amides is 1. The first kappa shape index (κ1) is 17.5. The number of rotatable bonds is 4. The second-order valence-corrected chi connectivity index (χ2v) is 6.59. The maximum atomic E-state index is 12.0. The summed E-state index contributed by atoms with van der Waals surface area (Å²) in [5.41, 5.74) is 2.60. The van der Waals surface area contributed by atoms with Crippen LogP contribution in [-0.4, -0.2) is 16.2 Å². The van der Waals surface area contributed by atoms with Crippen molar-refractivity contribution in [3.63, 3.8) is 0 Å². The Kier molecular flexibility index (Phi) is 5.22. The number of anilines is 2. The molecule has 0 heterocycles. The van der Waals surface area contributed by atoms with Gasteiger partial charge in [-0.1, -0.05) is 45.0 Å². The maximum Gasteiger partial charge on any atom is 0.251 e. The summed E-state index contributed by atoms with van der Waals surface area (Å²) in [6, 6.07) is 14.7. The van der Waals surface area contributed by atoms with Crippen LogP contribution in [0.1, 0.15) is 26.3 Å². The van der Waals surface area contributed by atoms with Gasteiger partial charge in [-0.3, -0.25) is 10.0 Å². The fourth-order valence-electron chi connectivity index (χ4n) is 2.11. The quantitative estimate of drug-likeness (QED) is 0.485. The van der Waals surface area contributed by atoms with Gasteiger partial charge < -0.3 is 5.32 Å². The normalized spacial score (nSPS) is 10.8. The average molecular weight is 323 g/mol. The van der Waals surface area contributed by atoms with Crippen LogP contribution < -0.4 is 5.32 Å². The zero-order valence-electron chi connectivity index (χ0n) is 14.1. The van der Waals surface area contributed by atoms with Gasteiger partial charge in [0.2, 0.25) is 0 Å². The molecule has 0 saturated carbocycles. The Morgan fingerprint density at radius 1 is 1.08 bits per heavy atom. The Hall–Kier alpha value is -2.84. The molecule has 1 amide bonds. The maximum absolute atomic E-state index is 12.0. The van der Waals surface area contributed by atoms with E-state index in [4.69, 9.17) is 6.57 Å². The van der Waals surface area contributed by atoms with Crippen molar-refractivity contribution >= 4 is 23.0 Å². The summed E-state index contributed by atoms with van der Waals surface area (Å²) in [7, 11) is 0. The minimum Gasteiger partial charge on any atom is -0.356 e. The molecule has 0 fully saturated rings. The highest BCUT2D eigenvalue weighted by molar-refractivity contribution is 5.80. The van der Waals surface area contributed by atoms with E-state index < -0.39 is 5.41 Å². The van der Waals surface area contributed by atoms with Crippen LogP contribution >= 0.6 is 0 Å². The monoisotopic (exact) mass is 323 g/mol. The summed E-state index contributed by atoms with van der Waals surface area (Å²) in [5.74, 6) is -0.315. The molecule has 0 aliphatic heterocycles. The van der Waals surface area contributed by atoms with E-state index in [-0.39, 0.29) is 12.5 Å². The van der Waals surface area contributed by atoms with E-state index >= 15 is 0 Å². The highest BCUT2D eigenvalue weighted by Gasteiger charge is 2.26. The number of hydrogen-bond donors (Lipinski definition) is 2. The third-order valence-electron chi connectivity index (χ3n) is 3.45. The van der Waals surface area contributed by atoms with Gasteiger partial charge >= 0.3 is 0 Å². The predicted molar refractivity (Wildman–Crippen MR) is 94.2 cm³/mol. The van der Waals surface area contributed by atoms with Crippen LogP contribution in [0.15, 0.2) is 48.5 Å². The summed E-state index contributed by atoms with van der Waals surface area (Å²) in [4.78, 5) is 15.3. The van der Waals surface area contributed by atoms with Crippen LogP contribution in [-0.2, 0) is 11.3 Å². The molecule has 0 bridgehead atoms. The highest BCUT2D eigenvalue weighted by Crippen LogP contribution is 2.22. The van der Waals surface area contributed by atoms with E-state index in [1.54, 1.807) is 32.9 Å². The molecule has 2 N–H and O–H groups in total. The molecular weight excluding hydrogens is 302 g/mol. The largest absolute Gasteiger partial charge is 0.356 e. The standard InChI is InChI=1S/C19H21N3O2/c1-19(2,3)18(23)22(24)13-14-5-7-16(8-6-14)21-17-11-9-15(20-4)10-12-17/h5-12,21,24H,13H2,1-3H3. The van der Waals surface area contributed by atoms with E-state index in [1.165, 1.54) is 0 Å². The van der Waals surface area contributed by atoms with Crippen molar-refractivity contribution in [3.8, 4) is 0 Å². The van der Waals surface area contributed by atoms with Gasteiger partial charge in [-0.05, 0) is 29.8 Å². The van der Waals surface area contributed by atoms with Crippen LogP contribution in [0.4, 0.5) is 17.1 Å². The molecule has 0 aliphatic carbocycles. The molecule has 5 heteroatoms. The van der Waals surface area contributed by atoms with Crippen LogP contribution in [0.3, 0.4) is 0 Å². The Morgan fingerprint density at radius 3 is 2.04 bits per heavy atom. The SMILES string of the molecule is [C-]#[N+]c1ccc(Nc2ccc(CN(O)C(=O)C(C)(C)C)cc2)cc1. The summed E-state index contributed by atoms with van der Waals surface area (Å²) in [6.07, 6.45) is 0. The number of nitrogens with zero attached hydrogens (tertiary/aromatic N) is 2. The molecule has 124 valence electrons. The van der Waals surface area contributed by atoms with Crippen molar-refractivity contribution in [1.82, 2.24) is 5.06 Å². The molecule has 24 heavy (non-hydrogen) atoms. The van der Waals surface area contributed by atoms with Gasteiger partial charge in [0.05, 0.1) is 13.1 Å². The highest BCUT2D eigenvalue weighted by atomic mass is 16.5. The van der Waals surface area contributed by atoms with E-state index in [0.29, 0.717) is 5.69 Å². The fraction of sp³-hybridized carbons (Fsp3) is 0.263. The summed E-state index contributed by atoms with van der Waals surface area (Å²) >= 11 is 0. The van der Waals surface area contributed by atoms with E-state index in [9.17, 15) is 10.0 Å². The summed E-state index contributed by atoms with van der Waals surface area (Å²) in [6.45, 7) is 12.4. The fourth-order valence-corrected chi connectivity index (χ4v) is 2.11. The van der Waals surface area contributed by atoms with Gasteiger partial charge in [-0.15, -0.1) is 0 Å². The molecule has 0 saturated heterocycles. The van der Waals surface area contributed by atoms with Crippen LogP contribution in [0.5, 0.6) is 0 Å². The molecular formula is C19H21N3O2. The third-order valence-corrected chi connectivity index (χ3v) is 3.45. The Bertz CT molecular complexity index is 738. The Morgan fingerprint density at radius 2 is 1.58 bits per heavy atom. The lowest BCUT2D eigenvalue weighted by Crippen LogP contribution is -2.36. The van der Waals surface area contributed by atoms with Gasteiger partial charge in [0.25, 0.3) is 5.91 Å². The third kappa shape index (κ3) is 4.58. The van der Waals surface area contributed by atoms with E-state index in [1.807, 2.05) is 36.4 Å². The molecule has 0 spiro atoms. The van der Waals surface area contributed by atoms with Crippen LogP contribution in [0.2, 0.25) is 0 Å². The molecule has 0 unspecified atom stereocenters. The number of hydroxylamine groups is 2. The number of nitrogens with one attached hydrogen (secondary N) is 1. The number of hydrogen-bond acceptors (Lipinski definition) is 3. The lowest BCUT2D eigenvalue weighted by molar-refractivity contribution is -0.177. The zero-order valence-corrected chi connectivity index (χ0v) is 14.1. The molecule has 0 atom stereocenters. The van der Waals surface area contributed by atoms with E-state index in [2.05, 4.69) is 10.2 Å². The van der Waals surface area contributed by atoms with E-state index in [0.717, 1.165) is 22.0 Å². The van der Waals surface area contributed by atoms with Crippen LogP contribution in [0.25, 0.3) is 4.85 Å². The zero-order chi connectivity index (χ0) is 17.7. The van der Waals surface area contributed by atoms with Crippen molar-refractivity contribution in [2.45, 2.75) is 27.3 Å². The van der Waals surface area contributed by atoms with Crippen molar-refractivity contribution in [1.29, 1.82) is 0 Å². The Labute approximate surface area is 142 Å². The lowest BCUT2D eigenvalue weighted by atomic mass is 9.95. The first-order chi connectivity index (χ1) is 11.3. The topological polar surface area (TPSA) is 56.9 Å². The van der Waals surface area contributed by atoms with Crippen LogP contribution in [0, 0.1) is 12.0 Å². The van der Waals surface area contributed by atoms with Gasteiger partial charge in [0.15, 0.2) is 5.69 Å². The minimum atomic E-state index is -0.617. The number of carbonyl (C=O) groups excluding carboxylic acids is 1. The lowest BCUT2D eigenvalue weighted by Gasteiger charge is -2.24. The molecule has 2 aromatic rings. The van der Waals surface area contributed by atoms with Crippen molar-refractivity contribution in [2.75, 3.05) is 5.32 Å². The second-order valence-electron chi connectivity index (χ2n) is 6.59. The first-order valence-corrected chi connectivity index (χ1v) is 7.64. The minimum absolute atomic E-state index is 0.149. The molecule has 2 rings (SSSR count). The number of carbonyl (C=O) groups is 1. The van der Waals surface area contributed by atoms with Crippen molar-refractivity contribution in [2.24, 2.45) is 5.41 Å². The second kappa shape index (κ2) is 7.16.